The molecule has 6 heteroatoms. The maximum atomic E-state index is 13.0. The Bertz CT molecular complexity index is 1090. The van der Waals surface area contributed by atoms with Crippen LogP contribution in [0.3, 0.4) is 0 Å². The first-order chi connectivity index (χ1) is 16.6. The third-order valence-electron chi connectivity index (χ3n) is 6.25. The number of amides is 2. The molecule has 0 aliphatic carbocycles. The van der Waals surface area contributed by atoms with Crippen LogP contribution in [0.4, 0.5) is 5.69 Å². The SMILES string of the molecule is O=C(NCCc1ccccc1)c1ccccc1NC(=O)C1CCN(Cc2ccc(Cl)cc2)CC1. The molecule has 3 aromatic carbocycles. The number of benzene rings is 3. The molecule has 1 aliphatic heterocycles. The number of likely N-dealkylation sites (tertiary alicyclic amines) is 1. The van der Waals surface area contributed by atoms with E-state index in [1.165, 1.54) is 11.1 Å². The molecule has 1 fully saturated rings. The summed E-state index contributed by atoms with van der Waals surface area (Å²) in [4.78, 5) is 28.1. The lowest BCUT2D eigenvalue weighted by atomic mass is 9.95. The van der Waals surface area contributed by atoms with E-state index < -0.39 is 0 Å². The predicted octanol–water partition coefficient (Wildman–Crippen LogP) is 5.16. The largest absolute Gasteiger partial charge is 0.352 e. The van der Waals surface area contributed by atoms with Crippen molar-refractivity contribution in [2.24, 2.45) is 5.92 Å². The number of hydrogen-bond donors (Lipinski definition) is 2. The van der Waals surface area contributed by atoms with Gasteiger partial charge in [0.2, 0.25) is 5.91 Å². The molecule has 34 heavy (non-hydrogen) atoms. The predicted molar refractivity (Wildman–Crippen MR) is 137 cm³/mol. The highest BCUT2D eigenvalue weighted by atomic mass is 35.5. The Balaban J connectivity index is 1.27. The normalized spacial score (nSPS) is 14.5. The van der Waals surface area contributed by atoms with Gasteiger partial charge < -0.3 is 10.6 Å². The Labute approximate surface area is 206 Å². The number of carbonyl (C=O) groups is 2. The molecule has 1 saturated heterocycles. The van der Waals surface area contributed by atoms with Crippen molar-refractivity contribution in [3.05, 3.63) is 101 Å². The molecule has 0 atom stereocenters. The average Bonchev–Trinajstić information content (AvgIpc) is 2.87. The van der Waals surface area contributed by atoms with E-state index in [1.54, 1.807) is 12.1 Å². The van der Waals surface area contributed by atoms with Gasteiger partial charge in [-0.2, -0.15) is 0 Å². The second-order valence-corrected chi connectivity index (χ2v) is 9.14. The molecule has 0 aromatic heterocycles. The Kier molecular flexibility index (Phi) is 8.34. The summed E-state index contributed by atoms with van der Waals surface area (Å²) in [7, 11) is 0. The maximum absolute atomic E-state index is 13.0. The summed E-state index contributed by atoms with van der Waals surface area (Å²) in [6, 6.07) is 25.1. The van der Waals surface area contributed by atoms with Crippen molar-refractivity contribution in [1.29, 1.82) is 0 Å². The summed E-state index contributed by atoms with van der Waals surface area (Å²) in [5.41, 5.74) is 3.45. The fraction of sp³-hybridized carbons (Fsp3) is 0.286. The molecule has 0 bridgehead atoms. The van der Waals surface area contributed by atoms with Crippen LogP contribution in [-0.4, -0.2) is 36.3 Å². The van der Waals surface area contributed by atoms with Gasteiger partial charge in [-0.1, -0.05) is 66.2 Å². The summed E-state index contributed by atoms with van der Waals surface area (Å²) in [5.74, 6) is -0.254. The van der Waals surface area contributed by atoms with Crippen molar-refractivity contribution >= 4 is 29.1 Å². The van der Waals surface area contributed by atoms with E-state index in [-0.39, 0.29) is 17.7 Å². The van der Waals surface area contributed by atoms with E-state index in [0.717, 1.165) is 43.9 Å². The molecule has 0 radical (unpaired) electrons. The number of hydrogen-bond acceptors (Lipinski definition) is 3. The summed E-state index contributed by atoms with van der Waals surface area (Å²) < 4.78 is 0. The van der Waals surface area contributed by atoms with Crippen LogP contribution in [0, 0.1) is 5.92 Å². The molecule has 176 valence electrons. The van der Waals surface area contributed by atoms with Crippen molar-refractivity contribution < 1.29 is 9.59 Å². The minimum absolute atomic E-state index is 0.0179. The number of rotatable bonds is 8. The zero-order valence-corrected chi connectivity index (χ0v) is 19.9. The zero-order valence-electron chi connectivity index (χ0n) is 19.2. The number of anilines is 1. The Morgan fingerprint density at radius 3 is 2.26 bits per heavy atom. The van der Waals surface area contributed by atoms with Crippen LogP contribution in [0.25, 0.3) is 0 Å². The highest BCUT2D eigenvalue weighted by Gasteiger charge is 2.26. The van der Waals surface area contributed by atoms with Gasteiger partial charge in [0, 0.05) is 24.0 Å². The fourth-order valence-electron chi connectivity index (χ4n) is 4.29. The molecule has 1 heterocycles. The monoisotopic (exact) mass is 475 g/mol. The van der Waals surface area contributed by atoms with E-state index in [0.29, 0.717) is 17.8 Å². The van der Waals surface area contributed by atoms with Crippen LogP contribution >= 0.6 is 11.6 Å². The topological polar surface area (TPSA) is 61.4 Å². The molecule has 2 amide bonds. The standard InChI is InChI=1S/C28H30ClN3O2/c29-24-12-10-22(11-13-24)20-32-18-15-23(16-19-32)27(33)31-26-9-5-4-8-25(26)28(34)30-17-14-21-6-2-1-3-7-21/h1-13,23H,14-20H2,(H,30,34)(H,31,33). The van der Waals surface area contributed by atoms with Gasteiger partial charge in [0.1, 0.15) is 0 Å². The molecule has 1 aliphatic rings. The van der Waals surface area contributed by atoms with Crippen molar-refractivity contribution in [3.8, 4) is 0 Å². The van der Waals surface area contributed by atoms with E-state index >= 15 is 0 Å². The first-order valence-corrected chi connectivity index (χ1v) is 12.1. The van der Waals surface area contributed by atoms with Crippen LogP contribution in [0.5, 0.6) is 0 Å². The average molecular weight is 476 g/mol. The molecule has 3 aromatic rings. The van der Waals surface area contributed by atoms with E-state index in [2.05, 4.69) is 15.5 Å². The second kappa shape index (κ2) is 11.8. The number of piperidine rings is 1. The highest BCUT2D eigenvalue weighted by Crippen LogP contribution is 2.23. The van der Waals surface area contributed by atoms with Crippen molar-refractivity contribution in [1.82, 2.24) is 10.2 Å². The molecule has 5 nitrogen and oxygen atoms in total. The highest BCUT2D eigenvalue weighted by molar-refractivity contribution is 6.30. The van der Waals surface area contributed by atoms with Crippen LogP contribution in [-0.2, 0) is 17.8 Å². The van der Waals surface area contributed by atoms with Crippen LogP contribution in [0.15, 0.2) is 78.9 Å². The number of para-hydroxylation sites is 1. The first kappa shape index (κ1) is 24.0. The van der Waals surface area contributed by atoms with Crippen LogP contribution < -0.4 is 10.6 Å². The smallest absolute Gasteiger partial charge is 0.253 e. The van der Waals surface area contributed by atoms with Gasteiger partial charge in [0.25, 0.3) is 5.91 Å². The third kappa shape index (κ3) is 6.69. The van der Waals surface area contributed by atoms with Gasteiger partial charge in [-0.15, -0.1) is 0 Å². The first-order valence-electron chi connectivity index (χ1n) is 11.8. The second-order valence-electron chi connectivity index (χ2n) is 8.70. The molecule has 0 unspecified atom stereocenters. The summed E-state index contributed by atoms with van der Waals surface area (Å²) in [6.45, 7) is 3.12. The van der Waals surface area contributed by atoms with Crippen molar-refractivity contribution in [2.75, 3.05) is 25.0 Å². The Morgan fingerprint density at radius 1 is 0.853 bits per heavy atom. The molecule has 4 rings (SSSR count). The van der Waals surface area contributed by atoms with E-state index in [9.17, 15) is 9.59 Å². The van der Waals surface area contributed by atoms with Crippen molar-refractivity contribution in [2.45, 2.75) is 25.8 Å². The van der Waals surface area contributed by atoms with Crippen LogP contribution in [0.1, 0.15) is 34.3 Å². The Morgan fingerprint density at radius 2 is 1.53 bits per heavy atom. The van der Waals surface area contributed by atoms with Crippen LogP contribution in [0.2, 0.25) is 5.02 Å². The van der Waals surface area contributed by atoms with Gasteiger partial charge in [-0.05, 0) is 67.7 Å². The minimum Gasteiger partial charge on any atom is -0.352 e. The lowest BCUT2D eigenvalue weighted by Crippen LogP contribution is -2.38. The van der Waals surface area contributed by atoms with E-state index in [1.807, 2.05) is 66.7 Å². The number of halogens is 1. The number of nitrogens with one attached hydrogen (secondary N) is 2. The molecule has 2 N–H and O–H groups in total. The minimum atomic E-state index is -0.176. The van der Waals surface area contributed by atoms with Gasteiger partial charge >= 0.3 is 0 Å². The summed E-state index contributed by atoms with van der Waals surface area (Å²) in [5, 5.41) is 6.72. The van der Waals surface area contributed by atoms with Gasteiger partial charge in [0.05, 0.1) is 11.3 Å². The van der Waals surface area contributed by atoms with Crippen molar-refractivity contribution in [3.63, 3.8) is 0 Å². The van der Waals surface area contributed by atoms with Gasteiger partial charge in [0.15, 0.2) is 0 Å². The zero-order chi connectivity index (χ0) is 23.8. The molecular weight excluding hydrogens is 446 g/mol. The van der Waals surface area contributed by atoms with E-state index in [4.69, 9.17) is 11.6 Å². The lowest BCUT2D eigenvalue weighted by molar-refractivity contribution is -0.121. The summed E-state index contributed by atoms with van der Waals surface area (Å²) >= 11 is 5.97. The molecule has 0 spiro atoms. The summed E-state index contributed by atoms with van der Waals surface area (Å²) in [6.07, 6.45) is 2.35. The molecular formula is C28H30ClN3O2. The fourth-order valence-corrected chi connectivity index (χ4v) is 4.41. The van der Waals surface area contributed by atoms with Gasteiger partial charge in [-0.3, -0.25) is 14.5 Å². The molecule has 0 saturated carbocycles. The lowest BCUT2D eigenvalue weighted by Gasteiger charge is -2.31. The maximum Gasteiger partial charge on any atom is 0.253 e. The third-order valence-corrected chi connectivity index (χ3v) is 6.50. The van der Waals surface area contributed by atoms with Gasteiger partial charge in [-0.25, -0.2) is 0 Å². The Hall–Kier alpha value is -3.15. The number of carbonyl (C=O) groups excluding carboxylic acids is 2. The number of nitrogens with zero attached hydrogens (tertiary/aromatic N) is 1. The quantitative estimate of drug-likeness (QED) is 0.473.